The first-order chi connectivity index (χ1) is 8.95. The summed E-state index contributed by atoms with van der Waals surface area (Å²) in [5.41, 5.74) is 6.15. The summed E-state index contributed by atoms with van der Waals surface area (Å²) in [6.45, 7) is 0. The Kier molecular flexibility index (Phi) is 6.26. The highest BCUT2D eigenvalue weighted by molar-refractivity contribution is 9.10. The third-order valence-corrected chi connectivity index (χ3v) is 3.69. The molecule has 1 rings (SSSR count). The normalized spacial score (nSPS) is 11.9. The van der Waals surface area contributed by atoms with Gasteiger partial charge in [0.1, 0.15) is 0 Å². The second kappa shape index (κ2) is 7.46. The van der Waals surface area contributed by atoms with Crippen LogP contribution in [-0.4, -0.2) is 28.9 Å². The van der Waals surface area contributed by atoms with Crippen LogP contribution in [0.3, 0.4) is 0 Å². The van der Waals surface area contributed by atoms with Crippen molar-refractivity contribution in [3.05, 3.63) is 32.8 Å². The Hall–Kier alpha value is -1.12. The Morgan fingerprint density at radius 1 is 1.63 bits per heavy atom. The van der Waals surface area contributed by atoms with Crippen molar-refractivity contribution in [3.63, 3.8) is 0 Å². The van der Waals surface area contributed by atoms with E-state index in [0.29, 0.717) is 16.6 Å². The zero-order chi connectivity index (χ0) is 14.4. The van der Waals surface area contributed by atoms with Crippen LogP contribution in [0.15, 0.2) is 22.7 Å². The molecule has 0 radical (unpaired) electrons. The van der Waals surface area contributed by atoms with E-state index in [0.717, 1.165) is 5.75 Å². The summed E-state index contributed by atoms with van der Waals surface area (Å²) in [6, 6.07) is 3.55. The Balaban J connectivity index is 2.72. The SMILES string of the molecule is CSCC[C@@H](N)C(=O)Nc1ccc([N+](=O)[O-])cc1Br. The van der Waals surface area contributed by atoms with Gasteiger partial charge in [-0.2, -0.15) is 11.8 Å². The fraction of sp³-hybridized carbons (Fsp3) is 0.364. The topological polar surface area (TPSA) is 98.3 Å². The second-order valence-electron chi connectivity index (χ2n) is 3.80. The van der Waals surface area contributed by atoms with E-state index in [9.17, 15) is 14.9 Å². The van der Waals surface area contributed by atoms with E-state index in [1.54, 1.807) is 11.8 Å². The van der Waals surface area contributed by atoms with Gasteiger partial charge in [0.15, 0.2) is 0 Å². The van der Waals surface area contributed by atoms with Crippen molar-refractivity contribution in [2.45, 2.75) is 12.5 Å². The van der Waals surface area contributed by atoms with E-state index in [4.69, 9.17) is 5.73 Å². The first-order valence-electron chi connectivity index (χ1n) is 5.45. The van der Waals surface area contributed by atoms with Gasteiger partial charge in [0.2, 0.25) is 5.91 Å². The highest BCUT2D eigenvalue weighted by Gasteiger charge is 2.15. The monoisotopic (exact) mass is 347 g/mol. The van der Waals surface area contributed by atoms with Crippen molar-refractivity contribution in [1.82, 2.24) is 0 Å². The quantitative estimate of drug-likeness (QED) is 0.608. The van der Waals surface area contributed by atoms with Crippen molar-refractivity contribution in [2.24, 2.45) is 5.73 Å². The van der Waals surface area contributed by atoms with Crippen LogP contribution in [0, 0.1) is 10.1 Å². The maximum absolute atomic E-state index is 11.8. The van der Waals surface area contributed by atoms with Crippen LogP contribution in [0.4, 0.5) is 11.4 Å². The van der Waals surface area contributed by atoms with Gasteiger partial charge in [-0.1, -0.05) is 0 Å². The van der Waals surface area contributed by atoms with Gasteiger partial charge in [0.25, 0.3) is 5.69 Å². The van der Waals surface area contributed by atoms with E-state index in [-0.39, 0.29) is 11.6 Å². The van der Waals surface area contributed by atoms with Gasteiger partial charge in [0.05, 0.1) is 16.7 Å². The molecule has 3 N–H and O–H groups in total. The Morgan fingerprint density at radius 3 is 2.84 bits per heavy atom. The standard InChI is InChI=1S/C11H14BrN3O3S/c1-19-5-4-9(13)11(16)14-10-3-2-7(15(17)18)6-8(10)12/h2-3,6,9H,4-5,13H2,1H3,(H,14,16)/t9-/m1/s1. The average molecular weight is 348 g/mol. The number of nitrogens with one attached hydrogen (secondary N) is 1. The number of anilines is 1. The molecule has 0 aliphatic heterocycles. The van der Waals surface area contributed by atoms with E-state index in [1.165, 1.54) is 18.2 Å². The number of hydrogen-bond acceptors (Lipinski definition) is 5. The van der Waals surface area contributed by atoms with Crippen molar-refractivity contribution < 1.29 is 9.72 Å². The van der Waals surface area contributed by atoms with Gasteiger partial charge >= 0.3 is 0 Å². The number of carbonyl (C=O) groups is 1. The van der Waals surface area contributed by atoms with E-state index < -0.39 is 11.0 Å². The zero-order valence-electron chi connectivity index (χ0n) is 10.3. The molecule has 0 fully saturated rings. The molecule has 0 aromatic heterocycles. The first-order valence-corrected chi connectivity index (χ1v) is 7.63. The van der Waals surface area contributed by atoms with Crippen LogP contribution in [0.5, 0.6) is 0 Å². The molecule has 19 heavy (non-hydrogen) atoms. The molecule has 1 atom stereocenters. The van der Waals surface area contributed by atoms with Crippen LogP contribution in [0.25, 0.3) is 0 Å². The maximum atomic E-state index is 11.8. The number of halogens is 1. The summed E-state index contributed by atoms with van der Waals surface area (Å²) < 4.78 is 0.451. The largest absolute Gasteiger partial charge is 0.324 e. The van der Waals surface area contributed by atoms with Crippen molar-refractivity contribution in [3.8, 4) is 0 Å². The number of nitrogens with zero attached hydrogens (tertiary/aromatic N) is 1. The molecule has 1 aromatic carbocycles. The van der Waals surface area contributed by atoms with Crippen LogP contribution < -0.4 is 11.1 Å². The number of non-ortho nitro benzene ring substituents is 1. The molecule has 0 aliphatic carbocycles. The highest BCUT2D eigenvalue weighted by Crippen LogP contribution is 2.27. The number of nitro groups is 1. The molecule has 1 aromatic rings. The van der Waals surface area contributed by atoms with Crippen LogP contribution >= 0.6 is 27.7 Å². The number of nitrogens with two attached hydrogens (primary N) is 1. The fourth-order valence-electron chi connectivity index (χ4n) is 1.32. The molecule has 0 unspecified atom stereocenters. The number of thioether (sulfide) groups is 1. The van der Waals surface area contributed by atoms with E-state index in [1.807, 2.05) is 6.26 Å². The van der Waals surface area contributed by atoms with Crippen molar-refractivity contribution in [1.29, 1.82) is 0 Å². The van der Waals surface area contributed by atoms with Crippen molar-refractivity contribution in [2.75, 3.05) is 17.3 Å². The lowest BCUT2D eigenvalue weighted by molar-refractivity contribution is -0.384. The predicted octanol–water partition coefficient (Wildman–Crippen LogP) is 2.38. The number of amides is 1. The maximum Gasteiger partial charge on any atom is 0.270 e. The lowest BCUT2D eigenvalue weighted by Crippen LogP contribution is -2.36. The molecule has 0 saturated carbocycles. The number of nitro benzene ring substituents is 1. The molecule has 0 spiro atoms. The van der Waals surface area contributed by atoms with Gasteiger partial charge in [-0.3, -0.25) is 14.9 Å². The first kappa shape index (κ1) is 15.9. The number of rotatable bonds is 6. The number of hydrogen-bond donors (Lipinski definition) is 2. The second-order valence-corrected chi connectivity index (χ2v) is 5.64. The molecule has 8 heteroatoms. The molecule has 0 heterocycles. The molecular formula is C11H14BrN3O3S. The highest BCUT2D eigenvalue weighted by atomic mass is 79.9. The molecule has 1 amide bonds. The molecule has 0 bridgehead atoms. The van der Waals surface area contributed by atoms with Gasteiger partial charge < -0.3 is 11.1 Å². The minimum Gasteiger partial charge on any atom is -0.324 e. The zero-order valence-corrected chi connectivity index (χ0v) is 12.7. The predicted molar refractivity (Wildman–Crippen MR) is 80.4 cm³/mol. The third-order valence-electron chi connectivity index (χ3n) is 2.39. The molecule has 0 aliphatic rings. The van der Waals surface area contributed by atoms with Gasteiger partial charge in [0, 0.05) is 16.6 Å². The molecular weight excluding hydrogens is 334 g/mol. The fourth-order valence-corrected chi connectivity index (χ4v) is 2.28. The summed E-state index contributed by atoms with van der Waals surface area (Å²) in [5, 5.41) is 13.2. The minimum atomic E-state index is -0.588. The Morgan fingerprint density at radius 2 is 2.32 bits per heavy atom. The lowest BCUT2D eigenvalue weighted by atomic mass is 10.2. The van der Waals surface area contributed by atoms with Crippen LogP contribution in [0.2, 0.25) is 0 Å². The summed E-state index contributed by atoms with van der Waals surface area (Å²) >= 11 is 4.80. The van der Waals surface area contributed by atoms with Crippen molar-refractivity contribution >= 4 is 45.0 Å². The van der Waals surface area contributed by atoms with E-state index in [2.05, 4.69) is 21.2 Å². The van der Waals surface area contributed by atoms with Gasteiger partial charge in [-0.15, -0.1) is 0 Å². The summed E-state index contributed by atoms with van der Waals surface area (Å²) in [4.78, 5) is 21.9. The summed E-state index contributed by atoms with van der Waals surface area (Å²) in [7, 11) is 0. The van der Waals surface area contributed by atoms with Crippen LogP contribution in [-0.2, 0) is 4.79 Å². The smallest absolute Gasteiger partial charge is 0.270 e. The third kappa shape index (κ3) is 4.81. The van der Waals surface area contributed by atoms with Crippen LogP contribution in [0.1, 0.15) is 6.42 Å². The molecule has 6 nitrogen and oxygen atoms in total. The van der Waals surface area contributed by atoms with Gasteiger partial charge in [-0.05, 0) is 40.4 Å². The number of carbonyl (C=O) groups excluding carboxylic acids is 1. The van der Waals surface area contributed by atoms with Gasteiger partial charge in [-0.25, -0.2) is 0 Å². The lowest BCUT2D eigenvalue weighted by Gasteiger charge is -2.12. The minimum absolute atomic E-state index is 0.0449. The Bertz CT molecular complexity index is 484. The molecule has 0 saturated heterocycles. The summed E-state index contributed by atoms with van der Waals surface area (Å²) in [6.07, 6.45) is 2.52. The van der Waals surface area contributed by atoms with E-state index >= 15 is 0 Å². The Labute approximate surface area is 123 Å². The molecule has 104 valence electrons. The summed E-state index contributed by atoms with van der Waals surface area (Å²) in [5.74, 6) is 0.499. The number of benzene rings is 1. The average Bonchev–Trinajstić information content (AvgIpc) is 2.37.